The molecule has 2 aromatic carbocycles. The van der Waals surface area contributed by atoms with E-state index in [4.69, 9.17) is 27.9 Å². The Labute approximate surface area is 224 Å². The van der Waals surface area contributed by atoms with Crippen molar-refractivity contribution in [3.8, 4) is 5.75 Å². The van der Waals surface area contributed by atoms with Gasteiger partial charge in [0.25, 0.3) is 0 Å². The molecule has 0 saturated carbocycles. The zero-order valence-electron chi connectivity index (χ0n) is 20.8. The molecule has 3 atom stereocenters. The largest absolute Gasteiger partial charge is 0.491 e. The third-order valence-electron chi connectivity index (χ3n) is 6.87. The van der Waals surface area contributed by atoms with Crippen LogP contribution in [-0.2, 0) is 11.2 Å². The van der Waals surface area contributed by atoms with E-state index < -0.39 is 17.9 Å². The standard InChI is InChI=1S/C27H31Cl2F2N3O3/c1-15(27(35)36)14-34-16(2)12-19-18-13-17(31)4-6-21(18)33-25(19)26(34)23-20(28)5-7-22(24(23)29)37-11-10-32-9-3-8-30/h4-7,13,15-16,26,32-33H,3,8-12,14H2,1-2H3,(H,35,36)/t15?,16-,26?/m1/s1. The maximum atomic E-state index is 14.2. The van der Waals surface area contributed by atoms with Crippen LogP contribution in [0.4, 0.5) is 8.78 Å². The summed E-state index contributed by atoms with van der Waals surface area (Å²) in [5.74, 6) is -1.42. The summed E-state index contributed by atoms with van der Waals surface area (Å²) in [5, 5.41) is 14.3. The van der Waals surface area contributed by atoms with Crippen molar-refractivity contribution in [2.45, 2.75) is 38.8 Å². The number of H-pyrrole nitrogens is 1. The minimum absolute atomic E-state index is 0.0713. The van der Waals surface area contributed by atoms with Crippen molar-refractivity contribution in [2.75, 3.05) is 32.9 Å². The quantitative estimate of drug-likeness (QED) is 0.254. The smallest absolute Gasteiger partial charge is 0.307 e. The minimum atomic E-state index is -0.898. The van der Waals surface area contributed by atoms with Gasteiger partial charge in [-0.05, 0) is 62.2 Å². The second-order valence-corrected chi connectivity index (χ2v) is 10.3. The number of carboxylic acid groups (broad SMARTS) is 1. The summed E-state index contributed by atoms with van der Waals surface area (Å²) >= 11 is 13.7. The average Bonchev–Trinajstić information content (AvgIpc) is 3.21. The number of hydrogen-bond donors (Lipinski definition) is 3. The first-order chi connectivity index (χ1) is 17.7. The normalized spacial score (nSPS) is 18.6. The van der Waals surface area contributed by atoms with E-state index in [1.165, 1.54) is 12.1 Å². The van der Waals surface area contributed by atoms with E-state index in [-0.39, 0.29) is 25.1 Å². The molecule has 6 nitrogen and oxygen atoms in total. The van der Waals surface area contributed by atoms with Gasteiger partial charge in [-0.15, -0.1) is 0 Å². The molecule has 0 spiro atoms. The molecule has 200 valence electrons. The van der Waals surface area contributed by atoms with Crippen molar-refractivity contribution in [1.29, 1.82) is 0 Å². The fraction of sp³-hybridized carbons (Fsp3) is 0.444. The van der Waals surface area contributed by atoms with Crippen molar-refractivity contribution < 1.29 is 23.4 Å². The van der Waals surface area contributed by atoms with E-state index in [2.05, 4.69) is 15.2 Å². The third-order valence-corrected chi connectivity index (χ3v) is 7.59. The van der Waals surface area contributed by atoms with Crippen molar-refractivity contribution in [1.82, 2.24) is 15.2 Å². The molecule has 37 heavy (non-hydrogen) atoms. The number of carboxylic acids is 1. The molecule has 2 unspecified atom stereocenters. The summed E-state index contributed by atoms with van der Waals surface area (Å²) in [7, 11) is 0. The lowest BCUT2D eigenvalue weighted by molar-refractivity contribution is -0.142. The second-order valence-electron chi connectivity index (χ2n) is 9.51. The highest BCUT2D eigenvalue weighted by Gasteiger charge is 2.39. The molecular weight excluding hydrogens is 523 g/mol. The van der Waals surface area contributed by atoms with Crippen LogP contribution < -0.4 is 10.1 Å². The van der Waals surface area contributed by atoms with Crippen LogP contribution in [0.5, 0.6) is 5.75 Å². The van der Waals surface area contributed by atoms with Crippen LogP contribution in [-0.4, -0.2) is 59.9 Å². The van der Waals surface area contributed by atoms with Gasteiger partial charge in [0.2, 0.25) is 0 Å². The molecule has 1 aliphatic heterocycles. The van der Waals surface area contributed by atoms with E-state index in [9.17, 15) is 18.7 Å². The van der Waals surface area contributed by atoms with Gasteiger partial charge in [-0.1, -0.05) is 30.1 Å². The van der Waals surface area contributed by atoms with Gasteiger partial charge in [-0.2, -0.15) is 0 Å². The molecule has 0 radical (unpaired) electrons. The summed E-state index contributed by atoms with van der Waals surface area (Å²) in [6, 6.07) is 7.47. The molecule has 1 aliphatic rings. The Kier molecular flexibility index (Phi) is 8.95. The summed E-state index contributed by atoms with van der Waals surface area (Å²) in [6.45, 7) is 4.98. The van der Waals surface area contributed by atoms with Gasteiger partial charge in [-0.3, -0.25) is 14.1 Å². The van der Waals surface area contributed by atoms with Crippen LogP contribution >= 0.6 is 23.2 Å². The minimum Gasteiger partial charge on any atom is -0.491 e. The number of aromatic amines is 1. The number of halogens is 4. The lowest BCUT2D eigenvalue weighted by Gasteiger charge is -2.42. The van der Waals surface area contributed by atoms with Crippen molar-refractivity contribution >= 4 is 40.1 Å². The van der Waals surface area contributed by atoms with Gasteiger partial charge >= 0.3 is 5.97 Å². The van der Waals surface area contributed by atoms with E-state index in [1.807, 2.05) is 6.92 Å². The molecule has 0 fully saturated rings. The highest BCUT2D eigenvalue weighted by molar-refractivity contribution is 6.37. The summed E-state index contributed by atoms with van der Waals surface area (Å²) < 4.78 is 32.4. The van der Waals surface area contributed by atoms with E-state index in [0.717, 1.165) is 22.2 Å². The first kappa shape index (κ1) is 27.6. The fourth-order valence-corrected chi connectivity index (χ4v) is 5.61. The molecule has 0 bridgehead atoms. The second kappa shape index (κ2) is 12.0. The van der Waals surface area contributed by atoms with Crippen LogP contribution in [0.2, 0.25) is 10.0 Å². The Balaban J connectivity index is 1.77. The molecule has 4 rings (SSSR count). The van der Waals surface area contributed by atoms with Crippen LogP contribution in [0.3, 0.4) is 0 Å². The topological polar surface area (TPSA) is 77.6 Å². The number of benzene rings is 2. The predicted octanol–water partition coefficient (Wildman–Crippen LogP) is 6.00. The Morgan fingerprint density at radius 3 is 2.81 bits per heavy atom. The molecule has 10 heteroatoms. The van der Waals surface area contributed by atoms with Crippen LogP contribution in [0, 0.1) is 11.7 Å². The number of nitrogens with zero attached hydrogens (tertiary/aromatic N) is 1. The number of carbonyl (C=O) groups is 1. The molecule has 0 amide bonds. The first-order valence-corrected chi connectivity index (χ1v) is 13.1. The van der Waals surface area contributed by atoms with Crippen LogP contribution in [0.15, 0.2) is 30.3 Å². The molecule has 0 aliphatic carbocycles. The van der Waals surface area contributed by atoms with Gasteiger partial charge in [0.15, 0.2) is 0 Å². The van der Waals surface area contributed by atoms with Crippen molar-refractivity contribution in [3.63, 3.8) is 0 Å². The molecule has 1 aromatic heterocycles. The lowest BCUT2D eigenvalue weighted by Crippen LogP contribution is -2.46. The number of rotatable bonds is 11. The highest BCUT2D eigenvalue weighted by Crippen LogP contribution is 2.47. The summed E-state index contributed by atoms with van der Waals surface area (Å²) in [6.07, 6.45) is 1.05. The zero-order valence-corrected chi connectivity index (χ0v) is 22.3. The number of alkyl halides is 1. The van der Waals surface area contributed by atoms with Crippen molar-refractivity contribution in [2.24, 2.45) is 5.92 Å². The monoisotopic (exact) mass is 553 g/mol. The Bertz CT molecular complexity index is 1270. The maximum absolute atomic E-state index is 14.2. The van der Waals surface area contributed by atoms with Crippen LogP contribution in [0.1, 0.15) is 43.1 Å². The van der Waals surface area contributed by atoms with E-state index in [1.54, 1.807) is 25.1 Å². The van der Waals surface area contributed by atoms with E-state index in [0.29, 0.717) is 53.9 Å². The maximum Gasteiger partial charge on any atom is 0.307 e. The summed E-state index contributed by atoms with van der Waals surface area (Å²) in [5.41, 5.74) is 3.16. The number of hydrogen-bond acceptors (Lipinski definition) is 4. The van der Waals surface area contributed by atoms with Gasteiger partial charge < -0.3 is 20.1 Å². The number of aromatic nitrogens is 1. The van der Waals surface area contributed by atoms with Gasteiger partial charge in [0, 0.05) is 46.3 Å². The number of nitrogens with one attached hydrogen (secondary N) is 2. The third kappa shape index (κ3) is 5.87. The Morgan fingerprint density at radius 1 is 1.30 bits per heavy atom. The predicted molar refractivity (Wildman–Crippen MR) is 142 cm³/mol. The lowest BCUT2D eigenvalue weighted by atomic mass is 9.87. The summed E-state index contributed by atoms with van der Waals surface area (Å²) in [4.78, 5) is 17.3. The van der Waals surface area contributed by atoms with E-state index >= 15 is 0 Å². The van der Waals surface area contributed by atoms with Gasteiger partial charge in [-0.25, -0.2) is 4.39 Å². The molecule has 3 aromatic rings. The Hall–Kier alpha value is -2.39. The SMILES string of the molecule is CC(CN1C(c2c(Cl)ccc(OCCNCCCF)c2Cl)c2[nH]c3ccc(F)cc3c2C[C@H]1C)C(=O)O. The number of aliphatic carboxylic acids is 1. The molecular formula is C27H31Cl2F2N3O3. The number of ether oxygens (including phenoxy) is 1. The van der Waals surface area contributed by atoms with Gasteiger partial charge in [0.1, 0.15) is 18.2 Å². The molecule has 0 saturated heterocycles. The average molecular weight is 554 g/mol. The molecule has 2 heterocycles. The van der Waals surface area contributed by atoms with Gasteiger partial charge in [0.05, 0.1) is 23.7 Å². The molecule has 3 N–H and O–H groups in total. The Morgan fingerprint density at radius 2 is 2.08 bits per heavy atom. The number of fused-ring (bicyclic) bond motifs is 3. The van der Waals surface area contributed by atoms with Crippen molar-refractivity contribution in [3.05, 3.63) is 63.0 Å². The fourth-order valence-electron chi connectivity index (χ4n) is 4.98. The zero-order chi connectivity index (χ0) is 26.7. The first-order valence-electron chi connectivity index (χ1n) is 12.4. The van der Waals surface area contributed by atoms with Crippen LogP contribution in [0.25, 0.3) is 10.9 Å². The highest BCUT2D eigenvalue weighted by atomic mass is 35.5.